The molecular formula is C16H20Cl2N2O2. The van der Waals surface area contributed by atoms with Gasteiger partial charge in [0.25, 0.3) is 0 Å². The number of hydrogen-bond donors (Lipinski definition) is 0. The number of halogens is 2. The minimum absolute atomic E-state index is 0.158. The summed E-state index contributed by atoms with van der Waals surface area (Å²) in [5, 5.41) is 2.50. The zero-order valence-corrected chi connectivity index (χ0v) is 14.3. The molecule has 1 aromatic rings. The van der Waals surface area contributed by atoms with Gasteiger partial charge < -0.3 is 4.90 Å². The second kappa shape index (κ2) is 6.90. The van der Waals surface area contributed by atoms with E-state index in [0.29, 0.717) is 29.7 Å². The Labute approximate surface area is 141 Å². The maximum atomic E-state index is 12.6. The summed E-state index contributed by atoms with van der Waals surface area (Å²) in [4.78, 5) is 19.9. The highest BCUT2D eigenvalue weighted by Crippen LogP contribution is 2.34. The van der Waals surface area contributed by atoms with Crippen molar-refractivity contribution in [2.45, 2.75) is 25.8 Å². The fourth-order valence-electron chi connectivity index (χ4n) is 2.54. The van der Waals surface area contributed by atoms with Gasteiger partial charge in [0, 0.05) is 16.6 Å². The van der Waals surface area contributed by atoms with Crippen LogP contribution in [0, 0.1) is 0 Å². The summed E-state index contributed by atoms with van der Waals surface area (Å²) < 4.78 is 0. The Kier molecular flexibility index (Phi) is 5.37. The first-order chi connectivity index (χ1) is 10.4. The smallest absolute Gasteiger partial charge is 0.314 e. The molecule has 1 saturated heterocycles. The van der Waals surface area contributed by atoms with E-state index in [1.165, 1.54) is 5.06 Å². The number of carbonyl (C=O) groups is 1. The molecule has 0 radical (unpaired) electrons. The third-order valence-electron chi connectivity index (χ3n) is 3.78. The second-order valence-corrected chi connectivity index (χ2v) is 6.56. The lowest BCUT2D eigenvalue weighted by atomic mass is 9.91. The molecule has 6 heteroatoms. The van der Waals surface area contributed by atoms with Crippen molar-refractivity contribution in [2.75, 3.05) is 19.7 Å². The molecular weight excluding hydrogens is 323 g/mol. The van der Waals surface area contributed by atoms with Gasteiger partial charge in [-0.25, -0.2) is 9.86 Å². The van der Waals surface area contributed by atoms with Crippen LogP contribution in [0.3, 0.4) is 0 Å². The van der Waals surface area contributed by atoms with Crippen molar-refractivity contribution in [3.63, 3.8) is 0 Å². The predicted molar refractivity (Wildman–Crippen MR) is 89.1 cm³/mol. The summed E-state index contributed by atoms with van der Waals surface area (Å²) in [7, 11) is 0. The summed E-state index contributed by atoms with van der Waals surface area (Å²) >= 11 is 12.2. The maximum Gasteiger partial charge on any atom is 0.344 e. The van der Waals surface area contributed by atoms with Crippen LogP contribution in [-0.2, 0) is 10.4 Å². The minimum atomic E-state index is -0.540. The molecule has 0 aliphatic carbocycles. The summed E-state index contributed by atoms with van der Waals surface area (Å²) in [5.74, 6) is 0. The molecule has 0 atom stereocenters. The maximum absolute atomic E-state index is 12.6. The Hall–Kier alpha value is -1.23. The van der Waals surface area contributed by atoms with Gasteiger partial charge in [-0.15, -0.1) is 6.58 Å². The molecule has 1 aromatic carbocycles. The third-order valence-corrected chi connectivity index (χ3v) is 4.22. The molecule has 0 saturated carbocycles. The van der Waals surface area contributed by atoms with Crippen molar-refractivity contribution < 1.29 is 9.63 Å². The number of nitrogens with zero attached hydrogens (tertiary/aromatic N) is 2. The molecule has 0 aromatic heterocycles. The zero-order chi connectivity index (χ0) is 16.3. The summed E-state index contributed by atoms with van der Waals surface area (Å²) in [6.45, 7) is 9.10. The Morgan fingerprint density at radius 1 is 1.27 bits per heavy atom. The van der Waals surface area contributed by atoms with E-state index in [9.17, 15) is 4.79 Å². The van der Waals surface area contributed by atoms with E-state index in [-0.39, 0.29) is 6.03 Å². The number of amides is 2. The minimum Gasteiger partial charge on any atom is -0.314 e. The Balaban J connectivity index is 2.27. The van der Waals surface area contributed by atoms with Crippen LogP contribution in [-0.4, -0.2) is 35.7 Å². The molecule has 2 rings (SSSR count). The van der Waals surface area contributed by atoms with E-state index in [2.05, 4.69) is 6.58 Å². The molecule has 0 spiro atoms. The monoisotopic (exact) mass is 342 g/mol. The number of urea groups is 1. The second-order valence-electron chi connectivity index (χ2n) is 5.69. The lowest BCUT2D eigenvalue weighted by Crippen LogP contribution is -2.56. The van der Waals surface area contributed by atoms with Crippen LogP contribution in [0.2, 0.25) is 10.0 Å². The summed E-state index contributed by atoms with van der Waals surface area (Å²) in [5.41, 5.74) is 0.353. The predicted octanol–water partition coefficient (Wildman–Crippen LogP) is 4.47. The van der Waals surface area contributed by atoms with Crippen LogP contribution in [0.1, 0.15) is 25.8 Å². The standard InChI is InChI=1S/C16H20Cl2N2O2/c1-4-8-22-20-7-5-6-19(15(20)21)16(2,3)12-9-13(17)11-14(18)10-12/h4,9-11H,1,5-8H2,2-3H3. The van der Waals surface area contributed by atoms with Gasteiger partial charge >= 0.3 is 6.03 Å². The SMILES string of the molecule is C=CCON1CCCN(C(C)(C)c2cc(Cl)cc(Cl)c2)C1=O. The number of rotatable bonds is 5. The highest BCUT2D eigenvalue weighted by molar-refractivity contribution is 6.34. The van der Waals surface area contributed by atoms with Crippen LogP contribution < -0.4 is 0 Å². The first-order valence-electron chi connectivity index (χ1n) is 7.16. The van der Waals surface area contributed by atoms with Crippen molar-refractivity contribution in [1.82, 2.24) is 9.96 Å². The van der Waals surface area contributed by atoms with Crippen molar-refractivity contribution in [3.8, 4) is 0 Å². The molecule has 120 valence electrons. The normalized spacial score (nSPS) is 16.1. The fourth-order valence-corrected chi connectivity index (χ4v) is 3.07. The summed E-state index contributed by atoms with van der Waals surface area (Å²) in [6, 6.07) is 5.20. The molecule has 22 heavy (non-hydrogen) atoms. The Morgan fingerprint density at radius 3 is 2.50 bits per heavy atom. The van der Waals surface area contributed by atoms with E-state index < -0.39 is 5.54 Å². The van der Waals surface area contributed by atoms with Gasteiger partial charge in [0.15, 0.2) is 0 Å². The topological polar surface area (TPSA) is 32.8 Å². The van der Waals surface area contributed by atoms with Crippen LogP contribution in [0.15, 0.2) is 30.9 Å². The lowest BCUT2D eigenvalue weighted by molar-refractivity contribution is -0.133. The highest BCUT2D eigenvalue weighted by atomic mass is 35.5. The number of carbonyl (C=O) groups excluding carboxylic acids is 1. The molecule has 1 aliphatic heterocycles. The lowest BCUT2D eigenvalue weighted by Gasteiger charge is -2.44. The first kappa shape index (κ1) is 17.1. The van der Waals surface area contributed by atoms with Crippen LogP contribution in [0.4, 0.5) is 4.79 Å². The Bertz CT molecular complexity index is 555. The van der Waals surface area contributed by atoms with Gasteiger partial charge in [-0.05, 0) is 44.0 Å². The van der Waals surface area contributed by atoms with Crippen molar-refractivity contribution in [2.24, 2.45) is 0 Å². The number of hydroxylamine groups is 2. The average molecular weight is 343 g/mol. The van der Waals surface area contributed by atoms with E-state index in [0.717, 1.165) is 12.0 Å². The van der Waals surface area contributed by atoms with Crippen molar-refractivity contribution in [3.05, 3.63) is 46.5 Å². The first-order valence-corrected chi connectivity index (χ1v) is 7.91. The zero-order valence-electron chi connectivity index (χ0n) is 12.8. The van der Waals surface area contributed by atoms with Crippen LogP contribution >= 0.6 is 23.2 Å². The quantitative estimate of drug-likeness (QED) is 0.739. The summed E-state index contributed by atoms with van der Waals surface area (Å²) in [6.07, 6.45) is 2.45. The van der Waals surface area contributed by atoms with Gasteiger partial charge in [-0.2, -0.15) is 0 Å². The van der Waals surface area contributed by atoms with E-state index in [1.807, 2.05) is 26.0 Å². The number of hydrogen-bond acceptors (Lipinski definition) is 2. The molecule has 1 heterocycles. The third kappa shape index (κ3) is 3.57. The molecule has 1 aliphatic rings. The Morgan fingerprint density at radius 2 is 1.91 bits per heavy atom. The van der Waals surface area contributed by atoms with Crippen LogP contribution in [0.25, 0.3) is 0 Å². The van der Waals surface area contributed by atoms with Gasteiger partial charge in [0.2, 0.25) is 0 Å². The van der Waals surface area contributed by atoms with E-state index in [1.54, 1.807) is 17.0 Å². The fraction of sp³-hybridized carbons (Fsp3) is 0.438. The molecule has 1 fully saturated rings. The number of benzene rings is 1. The highest BCUT2D eigenvalue weighted by Gasteiger charge is 2.38. The van der Waals surface area contributed by atoms with Crippen LogP contribution in [0.5, 0.6) is 0 Å². The largest absolute Gasteiger partial charge is 0.344 e. The van der Waals surface area contributed by atoms with Gasteiger partial charge in [0.1, 0.15) is 0 Å². The average Bonchev–Trinajstić information content (AvgIpc) is 2.45. The van der Waals surface area contributed by atoms with Gasteiger partial charge in [-0.1, -0.05) is 29.3 Å². The molecule has 0 bridgehead atoms. The van der Waals surface area contributed by atoms with E-state index in [4.69, 9.17) is 28.0 Å². The molecule has 0 unspecified atom stereocenters. The van der Waals surface area contributed by atoms with Gasteiger partial charge in [-0.3, -0.25) is 4.84 Å². The molecule has 2 amide bonds. The molecule has 0 N–H and O–H groups in total. The van der Waals surface area contributed by atoms with Gasteiger partial charge in [0.05, 0.1) is 18.7 Å². The van der Waals surface area contributed by atoms with E-state index >= 15 is 0 Å². The van der Waals surface area contributed by atoms with Crippen molar-refractivity contribution >= 4 is 29.2 Å². The molecule has 4 nitrogen and oxygen atoms in total. The van der Waals surface area contributed by atoms with Crippen molar-refractivity contribution in [1.29, 1.82) is 0 Å².